The first-order valence-corrected chi connectivity index (χ1v) is 13.2. The molecule has 41 heavy (non-hydrogen) atoms. The molecule has 212 valence electrons. The van der Waals surface area contributed by atoms with Crippen molar-refractivity contribution in [3.8, 4) is 16.9 Å². The highest BCUT2D eigenvalue weighted by Crippen LogP contribution is 2.23. The summed E-state index contributed by atoms with van der Waals surface area (Å²) >= 11 is 0. The molecule has 13 heteroatoms. The molecule has 4 rings (SSSR count). The van der Waals surface area contributed by atoms with Gasteiger partial charge >= 0.3 is 6.98 Å². The molecule has 0 saturated heterocycles. The van der Waals surface area contributed by atoms with Gasteiger partial charge in [-0.1, -0.05) is 40.6 Å². The zero-order valence-corrected chi connectivity index (χ0v) is 21.4. The number of carbonyl (C=O) groups is 1. The van der Waals surface area contributed by atoms with Crippen LogP contribution in [0.3, 0.4) is 0 Å². The van der Waals surface area contributed by atoms with Gasteiger partial charge in [-0.3, -0.25) is 4.79 Å². The van der Waals surface area contributed by atoms with E-state index < -0.39 is 51.5 Å². The Morgan fingerprint density at radius 2 is 1.17 bits per heavy atom. The lowest BCUT2D eigenvalue weighted by atomic mass is 9.79. The topological polar surface area (TPSA) is 54.4 Å². The van der Waals surface area contributed by atoms with Crippen LogP contribution >= 0.6 is 0 Å². The Morgan fingerprint density at radius 1 is 0.707 bits per heavy atom. The highest BCUT2D eigenvalue weighted by molar-refractivity contribution is 8.07. The lowest BCUT2D eigenvalue weighted by Crippen LogP contribution is -2.41. The maximum absolute atomic E-state index is 13.6. The fourth-order valence-electron chi connectivity index (χ4n) is 3.31. The van der Waals surface area contributed by atoms with Crippen LogP contribution in [0.25, 0.3) is 0 Å². The van der Waals surface area contributed by atoms with Crippen molar-refractivity contribution in [2.45, 2.75) is 4.90 Å². The van der Waals surface area contributed by atoms with Gasteiger partial charge in [-0.05, 0) is 59.9 Å². The average Bonchev–Trinajstić information content (AvgIpc) is 2.95. The number of ketones is 1. The minimum absolute atomic E-state index is 0.0780. The van der Waals surface area contributed by atoms with Crippen molar-refractivity contribution in [3.05, 3.63) is 125 Å². The quantitative estimate of drug-likeness (QED) is 0.0539. The van der Waals surface area contributed by atoms with Crippen LogP contribution in [-0.2, 0) is 14.1 Å². The molecule has 0 aliphatic rings. The number of rotatable bonds is 5. The standard InChI is InChI=1S/C22H16O3S.C6BF8/c23-20-13-11-19(12-14-20)22(24)17-26(25,21-9-5-2-6-10-21)16-15-18-7-3-1-4-8-18;8-2-1(7(13,14)15)3(9)5(11)6(12)4(2)10/h1-14H,17H2;/q;-1/p+1. The van der Waals surface area contributed by atoms with E-state index in [-0.39, 0.29) is 17.3 Å². The Morgan fingerprint density at radius 3 is 1.66 bits per heavy atom. The maximum atomic E-state index is 13.6. The average molecular weight is 596 g/mol. The number of hydrogen-bond acceptors (Lipinski definition) is 3. The molecular formula is C28H17BF8O3S. The predicted molar refractivity (Wildman–Crippen MR) is 138 cm³/mol. The minimum atomic E-state index is -6.30. The van der Waals surface area contributed by atoms with Gasteiger partial charge in [-0.2, -0.15) is 0 Å². The zero-order chi connectivity index (χ0) is 30.4. The predicted octanol–water partition coefficient (Wildman–Crippen LogP) is 6.58. The van der Waals surface area contributed by atoms with E-state index in [4.69, 9.17) is 0 Å². The third-order valence-corrected chi connectivity index (χ3v) is 7.49. The van der Waals surface area contributed by atoms with Gasteiger partial charge in [0.25, 0.3) is 0 Å². The molecule has 0 saturated carbocycles. The summed E-state index contributed by atoms with van der Waals surface area (Å²) < 4.78 is 111. The van der Waals surface area contributed by atoms with E-state index in [9.17, 15) is 49.0 Å². The molecule has 0 fully saturated rings. The molecular weight excluding hydrogens is 579 g/mol. The Hall–Kier alpha value is -4.44. The van der Waals surface area contributed by atoms with Crippen LogP contribution in [0, 0.1) is 40.3 Å². The lowest BCUT2D eigenvalue weighted by Gasteiger charge is -2.17. The largest absolute Gasteiger partial charge is 0.515 e. The molecule has 0 spiro atoms. The van der Waals surface area contributed by atoms with Gasteiger partial charge in [-0.25, -0.2) is 22.0 Å². The Balaban J connectivity index is 0.000000263. The number of phenols is 1. The molecule has 1 unspecified atom stereocenters. The number of benzene rings is 4. The van der Waals surface area contributed by atoms with Crippen molar-refractivity contribution in [1.29, 1.82) is 0 Å². The summed E-state index contributed by atoms with van der Waals surface area (Å²) in [7, 11) is -2.90. The first-order valence-electron chi connectivity index (χ1n) is 11.4. The van der Waals surface area contributed by atoms with Gasteiger partial charge in [0.15, 0.2) is 33.4 Å². The van der Waals surface area contributed by atoms with E-state index in [0.29, 0.717) is 10.5 Å². The van der Waals surface area contributed by atoms with E-state index >= 15 is 0 Å². The first-order chi connectivity index (χ1) is 19.2. The minimum Gasteiger partial charge on any atom is -0.508 e. The van der Waals surface area contributed by atoms with Crippen LogP contribution < -0.4 is 5.46 Å². The van der Waals surface area contributed by atoms with Crippen LogP contribution in [0.15, 0.2) is 89.8 Å². The van der Waals surface area contributed by atoms with Crippen molar-refractivity contribution < 1.29 is 49.0 Å². The SMILES string of the molecule is Fc1c(F)c(F)c([B-](F)(F)F)c(F)c1F.O=C(C[S+](=O)(C#Cc1ccccc1)c1ccccc1)c1ccc(O)cc1. The molecule has 1 atom stereocenters. The summed E-state index contributed by atoms with van der Waals surface area (Å²) in [6.07, 6.45) is 0. The van der Waals surface area contributed by atoms with Crippen LogP contribution in [0.2, 0.25) is 0 Å². The summed E-state index contributed by atoms with van der Waals surface area (Å²) in [4.78, 5) is 13.2. The first kappa shape index (κ1) is 31.1. The molecule has 4 aromatic rings. The van der Waals surface area contributed by atoms with Crippen molar-refractivity contribution in [2.75, 3.05) is 5.75 Å². The van der Waals surface area contributed by atoms with Crippen molar-refractivity contribution in [1.82, 2.24) is 0 Å². The summed E-state index contributed by atoms with van der Waals surface area (Å²) in [5.41, 5.74) is -1.59. The number of hydrogen-bond donors (Lipinski definition) is 1. The molecule has 0 radical (unpaired) electrons. The maximum Gasteiger partial charge on any atom is 0.515 e. The van der Waals surface area contributed by atoms with Crippen LogP contribution in [0.4, 0.5) is 34.9 Å². The second-order valence-corrected chi connectivity index (χ2v) is 10.6. The van der Waals surface area contributed by atoms with Gasteiger partial charge in [0.1, 0.15) is 17.4 Å². The number of carbonyl (C=O) groups excluding carboxylic acids is 1. The molecule has 3 nitrogen and oxygen atoms in total. The highest BCUT2D eigenvalue weighted by Gasteiger charge is 2.38. The van der Waals surface area contributed by atoms with Gasteiger partial charge in [0.05, 0.1) is 0 Å². The van der Waals surface area contributed by atoms with Gasteiger partial charge in [-0.15, -0.1) is 0 Å². The summed E-state index contributed by atoms with van der Waals surface area (Å²) in [5.74, 6) is -11.0. The molecule has 4 aromatic carbocycles. The van der Waals surface area contributed by atoms with Crippen molar-refractivity contribution in [2.24, 2.45) is 0 Å². The van der Waals surface area contributed by atoms with Gasteiger partial charge in [0, 0.05) is 11.1 Å². The van der Waals surface area contributed by atoms with E-state index in [0.717, 1.165) is 5.56 Å². The molecule has 0 heterocycles. The van der Waals surface area contributed by atoms with Gasteiger partial charge in [0.2, 0.25) is 15.7 Å². The van der Waals surface area contributed by atoms with Crippen LogP contribution in [0.1, 0.15) is 15.9 Å². The summed E-state index contributed by atoms with van der Waals surface area (Å²) in [6, 6.07) is 24.0. The summed E-state index contributed by atoms with van der Waals surface area (Å²) in [6.45, 7) is -6.30. The molecule has 0 bridgehead atoms. The number of Topliss-reactive ketones (excluding diaryl/α,β-unsaturated/α-hetero) is 1. The fraction of sp³-hybridized carbons (Fsp3) is 0.0357. The van der Waals surface area contributed by atoms with E-state index in [1.807, 2.05) is 36.4 Å². The van der Waals surface area contributed by atoms with Crippen LogP contribution in [0.5, 0.6) is 5.75 Å². The molecule has 0 aliphatic heterocycles. The molecule has 1 N–H and O–H groups in total. The Labute approximate surface area is 229 Å². The second-order valence-electron chi connectivity index (χ2n) is 8.25. The van der Waals surface area contributed by atoms with Crippen LogP contribution in [-0.4, -0.2) is 23.6 Å². The molecule has 0 aromatic heterocycles. The zero-order valence-electron chi connectivity index (χ0n) is 20.6. The lowest BCUT2D eigenvalue weighted by molar-refractivity contribution is 0.102. The Bertz CT molecular complexity index is 1620. The normalized spacial score (nSPS) is 12.3. The number of phenolic OH excluding ortho intramolecular Hbond substituents is 1. The fourth-order valence-corrected chi connectivity index (χ4v) is 5.08. The summed E-state index contributed by atoms with van der Waals surface area (Å²) in [5, 5.41) is 12.2. The number of aromatic hydroxyl groups is 1. The van der Waals surface area contributed by atoms with E-state index in [1.165, 1.54) is 24.3 Å². The smallest absolute Gasteiger partial charge is 0.508 e. The van der Waals surface area contributed by atoms with Crippen molar-refractivity contribution in [3.63, 3.8) is 0 Å². The molecule has 0 aliphatic carbocycles. The third kappa shape index (κ3) is 7.61. The van der Waals surface area contributed by atoms with Gasteiger partial charge < -0.3 is 18.1 Å². The highest BCUT2D eigenvalue weighted by atomic mass is 32.2. The Kier molecular flexibility index (Phi) is 9.73. The second kappa shape index (κ2) is 12.8. The van der Waals surface area contributed by atoms with E-state index in [2.05, 4.69) is 11.2 Å². The monoisotopic (exact) mass is 596 g/mol. The van der Waals surface area contributed by atoms with E-state index in [1.54, 1.807) is 24.3 Å². The van der Waals surface area contributed by atoms with Crippen molar-refractivity contribution >= 4 is 28.2 Å². The third-order valence-electron chi connectivity index (χ3n) is 5.35. The molecule has 0 amide bonds. The number of halogens is 8.